The van der Waals surface area contributed by atoms with Crippen molar-refractivity contribution < 1.29 is 4.79 Å². The van der Waals surface area contributed by atoms with E-state index < -0.39 is 0 Å². The molecule has 4 aliphatic rings. The van der Waals surface area contributed by atoms with Crippen LogP contribution >= 0.6 is 0 Å². The molecule has 4 fully saturated rings. The molecular weight excluding hydrogens is 248 g/mol. The van der Waals surface area contributed by atoms with Gasteiger partial charge in [0.1, 0.15) is 6.33 Å². The largest absolute Gasteiger partial charge is 0.293 e. The molecule has 1 heterocycles. The molecule has 0 N–H and O–H groups in total. The molecule has 20 heavy (non-hydrogen) atoms. The Bertz CT molecular complexity index is 550. The van der Waals surface area contributed by atoms with Crippen LogP contribution in [0.1, 0.15) is 62.7 Å². The normalized spacial score (nSPS) is 45.6. The molecule has 1 aromatic heterocycles. The third-order valence-electron chi connectivity index (χ3n) is 5.93. The van der Waals surface area contributed by atoms with Crippen LogP contribution in [-0.4, -0.2) is 15.8 Å². The van der Waals surface area contributed by atoms with Crippen LogP contribution in [0.25, 0.3) is 0 Å². The lowest BCUT2D eigenvalue weighted by Gasteiger charge is -2.64. The first-order valence-corrected chi connectivity index (χ1v) is 7.72. The van der Waals surface area contributed by atoms with E-state index in [0.29, 0.717) is 22.2 Å². The zero-order chi connectivity index (χ0) is 14.0. The summed E-state index contributed by atoms with van der Waals surface area (Å²) < 4.78 is 0. The van der Waals surface area contributed by atoms with Crippen molar-refractivity contribution >= 4 is 5.78 Å². The Balaban J connectivity index is 1.76. The summed E-state index contributed by atoms with van der Waals surface area (Å²) in [6, 6.07) is 0. The predicted molar refractivity (Wildman–Crippen MR) is 76.2 cm³/mol. The molecule has 0 spiro atoms. The molecule has 0 aliphatic heterocycles. The first kappa shape index (κ1) is 12.5. The van der Waals surface area contributed by atoms with Gasteiger partial charge >= 0.3 is 0 Å². The van der Waals surface area contributed by atoms with Crippen molar-refractivity contribution in [2.75, 3.05) is 0 Å². The third kappa shape index (κ3) is 1.68. The lowest BCUT2D eigenvalue weighted by atomic mass is 9.39. The summed E-state index contributed by atoms with van der Waals surface area (Å²) in [5, 5.41) is 0. The van der Waals surface area contributed by atoms with Crippen LogP contribution in [0.3, 0.4) is 0 Å². The van der Waals surface area contributed by atoms with Crippen molar-refractivity contribution in [1.82, 2.24) is 9.97 Å². The summed E-state index contributed by atoms with van der Waals surface area (Å²) in [6.45, 7) is 4.80. The second-order valence-electron chi connectivity index (χ2n) is 8.37. The number of carbonyl (C=O) groups excluding carboxylic acids is 1. The average molecular weight is 270 g/mol. The topological polar surface area (TPSA) is 42.9 Å². The molecule has 3 heteroatoms. The minimum absolute atomic E-state index is 0.131. The van der Waals surface area contributed by atoms with Gasteiger partial charge < -0.3 is 0 Å². The fourth-order valence-corrected chi connectivity index (χ4v) is 6.42. The maximum Gasteiger partial charge on any atom is 0.172 e. The van der Waals surface area contributed by atoms with Crippen LogP contribution in [0.4, 0.5) is 0 Å². The predicted octanol–water partition coefficient (Wildman–Crippen LogP) is 3.66. The first-order valence-electron chi connectivity index (χ1n) is 7.72. The van der Waals surface area contributed by atoms with Gasteiger partial charge in [-0.25, -0.2) is 9.97 Å². The number of ketones is 1. The molecule has 2 atom stereocenters. The molecule has 0 radical (unpaired) electrons. The van der Waals surface area contributed by atoms with Gasteiger partial charge in [-0.2, -0.15) is 0 Å². The fourth-order valence-electron chi connectivity index (χ4n) is 6.42. The van der Waals surface area contributed by atoms with E-state index in [4.69, 9.17) is 0 Å². The highest BCUT2D eigenvalue weighted by Gasteiger charge is 2.62. The van der Waals surface area contributed by atoms with E-state index >= 15 is 0 Å². The van der Waals surface area contributed by atoms with Gasteiger partial charge in [-0.05, 0) is 55.3 Å². The quantitative estimate of drug-likeness (QED) is 0.770. The number of Topliss-reactive ketones (excluding diaryl/α,β-unsaturated/α-hetero) is 1. The highest BCUT2D eigenvalue weighted by Crippen LogP contribution is 2.70. The number of rotatable bonds is 2. The summed E-state index contributed by atoms with van der Waals surface area (Å²) >= 11 is 0. The van der Waals surface area contributed by atoms with Gasteiger partial charge in [-0.3, -0.25) is 4.79 Å². The Morgan fingerprint density at radius 1 is 1.05 bits per heavy atom. The number of carbonyl (C=O) groups is 1. The molecule has 1 aromatic rings. The first-order chi connectivity index (χ1) is 9.42. The minimum atomic E-state index is -0.131. The van der Waals surface area contributed by atoms with Crippen LogP contribution in [0.2, 0.25) is 0 Å². The van der Waals surface area contributed by atoms with E-state index in [1.165, 1.54) is 25.6 Å². The summed E-state index contributed by atoms with van der Waals surface area (Å²) in [5.74, 6) is 1.05. The van der Waals surface area contributed by atoms with Crippen LogP contribution in [0, 0.1) is 22.2 Å². The standard InChI is InChI=1S/C17H22N2O/c1-15-3-12-4-16(2,8-15)10-17(5-12,9-15)14(20)13-6-18-11-19-7-13/h6-7,11-12H,3-5,8-10H2,1-2H3. The van der Waals surface area contributed by atoms with Crippen LogP contribution in [0.5, 0.6) is 0 Å². The van der Waals surface area contributed by atoms with Gasteiger partial charge in [0, 0.05) is 17.8 Å². The molecule has 2 unspecified atom stereocenters. The summed E-state index contributed by atoms with van der Waals surface area (Å²) in [7, 11) is 0. The Kier molecular flexibility index (Phi) is 2.30. The van der Waals surface area contributed by atoms with E-state index in [-0.39, 0.29) is 5.41 Å². The Labute approximate surface area is 120 Å². The zero-order valence-corrected chi connectivity index (χ0v) is 12.4. The Morgan fingerprint density at radius 3 is 2.20 bits per heavy atom. The zero-order valence-electron chi connectivity index (χ0n) is 12.4. The number of nitrogens with zero attached hydrogens (tertiary/aromatic N) is 2. The van der Waals surface area contributed by atoms with E-state index in [2.05, 4.69) is 23.8 Å². The lowest BCUT2D eigenvalue weighted by molar-refractivity contribution is -0.125. The van der Waals surface area contributed by atoms with Crippen molar-refractivity contribution in [1.29, 1.82) is 0 Å². The second-order valence-corrected chi connectivity index (χ2v) is 8.37. The number of hydrogen-bond acceptors (Lipinski definition) is 3. The van der Waals surface area contributed by atoms with Gasteiger partial charge in [-0.15, -0.1) is 0 Å². The molecule has 0 amide bonds. The summed E-state index contributed by atoms with van der Waals surface area (Å²) in [4.78, 5) is 21.2. The Morgan fingerprint density at radius 2 is 1.65 bits per heavy atom. The molecule has 0 saturated heterocycles. The van der Waals surface area contributed by atoms with E-state index in [1.54, 1.807) is 12.4 Å². The van der Waals surface area contributed by atoms with Crippen LogP contribution < -0.4 is 0 Å². The van der Waals surface area contributed by atoms with Gasteiger partial charge in [0.05, 0.1) is 5.56 Å². The highest BCUT2D eigenvalue weighted by atomic mass is 16.1. The number of hydrogen-bond donors (Lipinski definition) is 0. The minimum Gasteiger partial charge on any atom is -0.293 e. The van der Waals surface area contributed by atoms with E-state index in [0.717, 1.165) is 25.2 Å². The lowest BCUT2D eigenvalue weighted by Crippen LogP contribution is -2.57. The SMILES string of the molecule is CC12CC3CC(C)(C1)CC(C(=O)c1cncnc1)(C3)C2. The van der Waals surface area contributed by atoms with Crippen molar-refractivity contribution in [3.8, 4) is 0 Å². The molecular formula is C17H22N2O. The molecule has 5 rings (SSSR count). The molecule has 3 nitrogen and oxygen atoms in total. The summed E-state index contributed by atoms with van der Waals surface area (Å²) in [6.07, 6.45) is 12.1. The molecule has 0 aromatic carbocycles. The van der Waals surface area contributed by atoms with Gasteiger partial charge in [0.15, 0.2) is 5.78 Å². The van der Waals surface area contributed by atoms with Gasteiger partial charge in [0.25, 0.3) is 0 Å². The van der Waals surface area contributed by atoms with Crippen molar-refractivity contribution in [3.63, 3.8) is 0 Å². The van der Waals surface area contributed by atoms with Crippen molar-refractivity contribution in [2.24, 2.45) is 22.2 Å². The van der Waals surface area contributed by atoms with Crippen LogP contribution in [0.15, 0.2) is 18.7 Å². The molecule has 4 aliphatic carbocycles. The van der Waals surface area contributed by atoms with E-state index in [9.17, 15) is 4.79 Å². The van der Waals surface area contributed by atoms with Crippen LogP contribution in [-0.2, 0) is 0 Å². The third-order valence-corrected chi connectivity index (χ3v) is 5.93. The van der Waals surface area contributed by atoms with E-state index in [1.807, 2.05) is 0 Å². The van der Waals surface area contributed by atoms with Crippen molar-refractivity contribution in [2.45, 2.75) is 52.4 Å². The smallest absolute Gasteiger partial charge is 0.172 e. The number of aromatic nitrogens is 2. The monoisotopic (exact) mass is 270 g/mol. The Hall–Kier alpha value is -1.25. The molecule has 4 bridgehead atoms. The highest BCUT2D eigenvalue weighted by molar-refractivity contribution is 6.00. The molecule has 106 valence electrons. The maximum absolute atomic E-state index is 13.1. The average Bonchev–Trinajstić information content (AvgIpc) is 2.34. The second kappa shape index (κ2) is 3.69. The van der Waals surface area contributed by atoms with Gasteiger partial charge in [0.2, 0.25) is 0 Å². The van der Waals surface area contributed by atoms with Crippen molar-refractivity contribution in [3.05, 3.63) is 24.3 Å². The maximum atomic E-state index is 13.1. The summed E-state index contributed by atoms with van der Waals surface area (Å²) in [5.41, 5.74) is 1.33. The van der Waals surface area contributed by atoms with Gasteiger partial charge in [-0.1, -0.05) is 13.8 Å². The molecule has 4 saturated carbocycles. The fraction of sp³-hybridized carbons (Fsp3) is 0.706.